The number of carbonyl (C=O) groups is 1. The normalized spacial score (nSPS) is 14.6. The monoisotopic (exact) mass is 498 g/mol. The summed E-state index contributed by atoms with van der Waals surface area (Å²) in [6.07, 6.45) is 3.19. The Labute approximate surface area is 207 Å². The lowest BCUT2D eigenvalue weighted by atomic mass is 9.95. The smallest absolute Gasteiger partial charge is 0.246 e. The molecule has 1 heterocycles. The summed E-state index contributed by atoms with van der Waals surface area (Å²) in [5.74, 6) is -2.60. The van der Waals surface area contributed by atoms with Crippen molar-refractivity contribution in [3.63, 3.8) is 0 Å². The summed E-state index contributed by atoms with van der Waals surface area (Å²) in [7, 11) is 0. The minimum Gasteiger partial charge on any atom is -0.494 e. The molecule has 1 aliphatic heterocycles. The highest BCUT2D eigenvalue weighted by molar-refractivity contribution is 5.91. The molecule has 1 aliphatic rings. The third kappa shape index (κ3) is 5.94. The zero-order valence-electron chi connectivity index (χ0n) is 19.8. The third-order valence-electron chi connectivity index (χ3n) is 6.09. The van der Waals surface area contributed by atoms with Gasteiger partial charge in [0.2, 0.25) is 5.91 Å². The molecule has 0 aromatic heterocycles. The first kappa shape index (κ1) is 25.4. The SMILES string of the molecule is CCOc1cccc(/C=C/C(=O)N2CCN(C(c3ccc(F)cc3F)c3ccc(F)cc3F)CC2)c1. The zero-order chi connectivity index (χ0) is 25.7. The van der Waals surface area contributed by atoms with Crippen molar-refractivity contribution in [3.8, 4) is 5.75 Å². The molecule has 0 N–H and O–H groups in total. The van der Waals surface area contributed by atoms with Gasteiger partial charge < -0.3 is 9.64 Å². The van der Waals surface area contributed by atoms with Crippen molar-refractivity contribution in [1.29, 1.82) is 0 Å². The molecule has 8 heteroatoms. The Morgan fingerprint density at radius 2 is 1.50 bits per heavy atom. The van der Waals surface area contributed by atoms with Gasteiger partial charge in [-0.3, -0.25) is 9.69 Å². The number of carbonyl (C=O) groups excluding carboxylic acids is 1. The maximum Gasteiger partial charge on any atom is 0.246 e. The van der Waals surface area contributed by atoms with Crippen LogP contribution in [-0.4, -0.2) is 48.5 Å². The van der Waals surface area contributed by atoms with Crippen LogP contribution in [0.15, 0.2) is 66.7 Å². The molecule has 1 saturated heterocycles. The molecule has 188 valence electrons. The van der Waals surface area contributed by atoms with Gasteiger partial charge in [0.1, 0.15) is 29.0 Å². The Hall–Kier alpha value is -3.65. The Kier molecular flexibility index (Phi) is 8.05. The fourth-order valence-electron chi connectivity index (χ4n) is 4.36. The first-order valence-corrected chi connectivity index (χ1v) is 11.7. The Bertz CT molecular complexity index is 1200. The number of amides is 1. The molecular formula is C28H26F4N2O2. The molecule has 0 unspecified atom stereocenters. The maximum atomic E-state index is 14.7. The molecule has 36 heavy (non-hydrogen) atoms. The molecule has 0 radical (unpaired) electrons. The van der Waals surface area contributed by atoms with E-state index in [-0.39, 0.29) is 17.0 Å². The van der Waals surface area contributed by atoms with Crippen molar-refractivity contribution >= 4 is 12.0 Å². The zero-order valence-corrected chi connectivity index (χ0v) is 19.8. The summed E-state index contributed by atoms with van der Waals surface area (Å²) in [5.41, 5.74) is 0.984. The Morgan fingerprint density at radius 1 is 0.889 bits per heavy atom. The summed E-state index contributed by atoms with van der Waals surface area (Å²) < 4.78 is 62.1. The van der Waals surface area contributed by atoms with Crippen molar-refractivity contribution in [2.75, 3.05) is 32.8 Å². The molecule has 0 spiro atoms. The van der Waals surface area contributed by atoms with E-state index in [0.29, 0.717) is 38.5 Å². The van der Waals surface area contributed by atoms with Crippen LogP contribution in [0.5, 0.6) is 5.75 Å². The van der Waals surface area contributed by atoms with Crippen LogP contribution in [0.2, 0.25) is 0 Å². The Morgan fingerprint density at radius 3 is 2.06 bits per heavy atom. The molecule has 4 rings (SSSR count). The van der Waals surface area contributed by atoms with Gasteiger partial charge in [0.15, 0.2) is 0 Å². The van der Waals surface area contributed by atoms with E-state index in [1.807, 2.05) is 36.1 Å². The van der Waals surface area contributed by atoms with E-state index in [4.69, 9.17) is 4.74 Å². The largest absolute Gasteiger partial charge is 0.494 e. The molecule has 3 aromatic carbocycles. The maximum absolute atomic E-state index is 14.7. The van der Waals surface area contributed by atoms with Crippen LogP contribution >= 0.6 is 0 Å². The van der Waals surface area contributed by atoms with Gasteiger partial charge in [-0.05, 0) is 42.8 Å². The topological polar surface area (TPSA) is 32.8 Å². The molecule has 1 fully saturated rings. The highest BCUT2D eigenvalue weighted by Crippen LogP contribution is 2.33. The van der Waals surface area contributed by atoms with E-state index >= 15 is 0 Å². The standard InChI is InChI=1S/C28H26F4N2O2/c1-2-36-22-5-3-4-19(16-22)6-11-27(35)33-12-14-34(15-13-33)28(23-9-7-20(29)17-25(23)31)24-10-8-21(30)18-26(24)32/h3-11,16-18,28H,2,12-15H2,1H3/b11-6+. The highest BCUT2D eigenvalue weighted by atomic mass is 19.1. The number of benzene rings is 3. The van der Waals surface area contributed by atoms with Crippen LogP contribution in [0.25, 0.3) is 6.08 Å². The van der Waals surface area contributed by atoms with Gasteiger partial charge in [-0.2, -0.15) is 0 Å². The van der Waals surface area contributed by atoms with Crippen molar-refractivity contribution in [3.05, 3.63) is 107 Å². The minimum atomic E-state index is -0.903. The van der Waals surface area contributed by atoms with Crippen molar-refractivity contribution in [2.45, 2.75) is 13.0 Å². The second-order valence-electron chi connectivity index (χ2n) is 8.43. The van der Waals surface area contributed by atoms with Gasteiger partial charge in [0.05, 0.1) is 12.6 Å². The van der Waals surface area contributed by atoms with Gasteiger partial charge in [0, 0.05) is 55.5 Å². The average Bonchev–Trinajstić information content (AvgIpc) is 2.86. The summed E-state index contributed by atoms with van der Waals surface area (Å²) in [6, 6.07) is 12.7. The van der Waals surface area contributed by atoms with E-state index in [0.717, 1.165) is 29.8 Å². The number of hydrogen-bond acceptors (Lipinski definition) is 3. The van der Waals surface area contributed by atoms with Crippen LogP contribution in [-0.2, 0) is 4.79 Å². The minimum absolute atomic E-state index is 0.0794. The number of ether oxygens (including phenoxy) is 1. The molecule has 3 aromatic rings. The number of halogens is 4. The molecule has 1 amide bonds. The van der Waals surface area contributed by atoms with Crippen molar-refractivity contribution in [2.24, 2.45) is 0 Å². The second kappa shape index (κ2) is 11.4. The quantitative estimate of drug-likeness (QED) is 0.315. The number of piperazine rings is 1. The van der Waals surface area contributed by atoms with Crippen LogP contribution in [0.4, 0.5) is 17.6 Å². The summed E-state index contributed by atoms with van der Waals surface area (Å²) in [5, 5.41) is 0. The predicted molar refractivity (Wildman–Crippen MR) is 129 cm³/mol. The summed E-state index contributed by atoms with van der Waals surface area (Å²) in [6.45, 7) is 3.72. The van der Waals surface area contributed by atoms with Crippen LogP contribution in [0.3, 0.4) is 0 Å². The number of hydrogen-bond donors (Lipinski definition) is 0. The first-order valence-electron chi connectivity index (χ1n) is 11.7. The molecular weight excluding hydrogens is 472 g/mol. The van der Waals surface area contributed by atoms with Gasteiger partial charge >= 0.3 is 0 Å². The van der Waals surface area contributed by atoms with E-state index in [9.17, 15) is 22.4 Å². The van der Waals surface area contributed by atoms with Crippen molar-refractivity contribution in [1.82, 2.24) is 9.80 Å². The lowest BCUT2D eigenvalue weighted by molar-refractivity contribution is -0.127. The predicted octanol–water partition coefficient (Wildman–Crippen LogP) is 5.59. The Balaban J connectivity index is 1.50. The summed E-state index contributed by atoms with van der Waals surface area (Å²) in [4.78, 5) is 16.2. The van der Waals surface area contributed by atoms with Gasteiger partial charge in [-0.25, -0.2) is 17.6 Å². The van der Waals surface area contributed by atoms with Crippen LogP contribution in [0.1, 0.15) is 29.7 Å². The van der Waals surface area contributed by atoms with Crippen molar-refractivity contribution < 1.29 is 27.1 Å². The number of rotatable bonds is 7. The molecule has 0 bridgehead atoms. The van der Waals surface area contributed by atoms with Gasteiger partial charge in [-0.15, -0.1) is 0 Å². The molecule has 0 atom stereocenters. The lowest BCUT2D eigenvalue weighted by Crippen LogP contribution is -2.49. The highest BCUT2D eigenvalue weighted by Gasteiger charge is 2.31. The van der Waals surface area contributed by atoms with Crippen LogP contribution < -0.4 is 4.74 Å². The first-order chi connectivity index (χ1) is 17.4. The van der Waals surface area contributed by atoms with E-state index in [1.54, 1.807) is 11.0 Å². The summed E-state index contributed by atoms with van der Waals surface area (Å²) >= 11 is 0. The number of nitrogens with zero attached hydrogens (tertiary/aromatic N) is 2. The fraction of sp³-hybridized carbons (Fsp3) is 0.250. The molecule has 0 saturated carbocycles. The average molecular weight is 499 g/mol. The van der Waals surface area contributed by atoms with E-state index in [1.165, 1.54) is 18.2 Å². The lowest BCUT2D eigenvalue weighted by Gasteiger charge is -2.39. The van der Waals surface area contributed by atoms with Crippen LogP contribution in [0, 0.1) is 23.3 Å². The third-order valence-corrected chi connectivity index (χ3v) is 6.09. The second-order valence-corrected chi connectivity index (χ2v) is 8.43. The molecule has 4 nitrogen and oxygen atoms in total. The van der Waals surface area contributed by atoms with Gasteiger partial charge in [-0.1, -0.05) is 24.3 Å². The van der Waals surface area contributed by atoms with Gasteiger partial charge in [0.25, 0.3) is 0 Å². The van der Waals surface area contributed by atoms with E-state index in [2.05, 4.69) is 0 Å². The fourth-order valence-corrected chi connectivity index (χ4v) is 4.36. The molecule has 0 aliphatic carbocycles. The van der Waals surface area contributed by atoms with E-state index < -0.39 is 29.3 Å².